The van der Waals surface area contributed by atoms with Crippen molar-refractivity contribution in [3.05, 3.63) is 33.8 Å². The Morgan fingerprint density at radius 3 is 2.38 bits per heavy atom. The number of nitrogens with two attached hydrogens (primary N) is 1. The van der Waals surface area contributed by atoms with Crippen molar-refractivity contribution in [3.8, 4) is 0 Å². The molecule has 9 heteroatoms. The van der Waals surface area contributed by atoms with Crippen LogP contribution >= 0.6 is 23.2 Å². The van der Waals surface area contributed by atoms with E-state index in [-0.39, 0.29) is 12.2 Å². The lowest BCUT2D eigenvalue weighted by Crippen LogP contribution is -2.58. The summed E-state index contributed by atoms with van der Waals surface area (Å²) in [5.74, 6) is -1.04. The number of carboxylic acids is 1. The predicted molar refractivity (Wildman–Crippen MR) is 115 cm³/mol. The molecule has 0 saturated carbocycles. The van der Waals surface area contributed by atoms with Crippen LogP contribution in [0.3, 0.4) is 0 Å². The normalized spacial score (nSPS) is 26.3. The van der Waals surface area contributed by atoms with Crippen LogP contribution < -0.4 is 5.73 Å². The fraction of sp³-hybridized carbons (Fsp3) is 0.650. The number of aliphatic carboxylic acids is 1. The summed E-state index contributed by atoms with van der Waals surface area (Å²) in [6, 6.07) is 6.33. The number of piperidine rings is 1. The first-order chi connectivity index (χ1) is 13.7. The largest absolute Gasteiger partial charge is 0.480 e. The summed E-state index contributed by atoms with van der Waals surface area (Å²) in [5.41, 5.74) is 6.28. The van der Waals surface area contributed by atoms with E-state index in [1.807, 2.05) is 18.2 Å². The summed E-state index contributed by atoms with van der Waals surface area (Å²) >= 11 is 12.2. The molecular formula is C20H29BCl2N2O4. The molecule has 0 radical (unpaired) electrons. The van der Waals surface area contributed by atoms with Crippen molar-refractivity contribution in [2.75, 3.05) is 0 Å². The number of hydrogen-bond donors (Lipinski definition) is 4. The van der Waals surface area contributed by atoms with Gasteiger partial charge >= 0.3 is 13.1 Å². The zero-order valence-corrected chi connectivity index (χ0v) is 17.9. The molecule has 29 heavy (non-hydrogen) atoms. The van der Waals surface area contributed by atoms with Crippen molar-refractivity contribution < 1.29 is 19.9 Å². The highest BCUT2D eigenvalue weighted by molar-refractivity contribution is 6.42. The van der Waals surface area contributed by atoms with Crippen molar-refractivity contribution in [2.45, 2.75) is 75.4 Å². The third-order valence-corrected chi connectivity index (χ3v) is 7.40. The Morgan fingerprint density at radius 2 is 1.83 bits per heavy atom. The number of fused-ring (bicyclic) bond motifs is 2. The van der Waals surface area contributed by atoms with Gasteiger partial charge in [0.15, 0.2) is 0 Å². The highest BCUT2D eigenvalue weighted by Crippen LogP contribution is 2.44. The molecule has 6 nitrogen and oxygen atoms in total. The number of carboxylic acid groups (broad SMARTS) is 1. The van der Waals surface area contributed by atoms with Gasteiger partial charge in [0, 0.05) is 18.6 Å². The third-order valence-electron chi connectivity index (χ3n) is 6.66. The van der Waals surface area contributed by atoms with Gasteiger partial charge in [-0.2, -0.15) is 0 Å². The van der Waals surface area contributed by atoms with Crippen molar-refractivity contribution in [1.29, 1.82) is 0 Å². The first-order valence-electron chi connectivity index (χ1n) is 10.3. The lowest BCUT2D eigenvalue weighted by molar-refractivity contribution is -0.147. The van der Waals surface area contributed by atoms with Crippen LogP contribution in [0.15, 0.2) is 18.2 Å². The number of unbranched alkanes of at least 4 members (excludes halogenated alkanes) is 1. The van der Waals surface area contributed by atoms with E-state index in [4.69, 9.17) is 39.0 Å². The molecule has 2 bridgehead atoms. The van der Waals surface area contributed by atoms with Gasteiger partial charge in [-0.05, 0) is 62.0 Å². The second kappa shape index (κ2) is 9.54. The summed E-state index contributed by atoms with van der Waals surface area (Å²) in [6.07, 6.45) is 5.34. The van der Waals surface area contributed by atoms with Crippen LogP contribution in [0.1, 0.15) is 50.5 Å². The van der Waals surface area contributed by atoms with E-state index in [1.54, 1.807) is 0 Å². The summed E-state index contributed by atoms with van der Waals surface area (Å²) in [5, 5.41) is 28.9. The maximum absolute atomic E-state index is 12.1. The Kier molecular flexibility index (Phi) is 7.52. The Morgan fingerprint density at radius 1 is 1.17 bits per heavy atom. The van der Waals surface area contributed by atoms with Gasteiger partial charge in [0.25, 0.3) is 0 Å². The molecule has 2 aliphatic heterocycles. The highest BCUT2D eigenvalue weighted by atomic mass is 35.5. The van der Waals surface area contributed by atoms with Gasteiger partial charge in [0.05, 0.1) is 10.0 Å². The van der Waals surface area contributed by atoms with Crippen LogP contribution in [0.4, 0.5) is 0 Å². The van der Waals surface area contributed by atoms with Gasteiger partial charge < -0.3 is 20.9 Å². The minimum atomic E-state index is -1.35. The van der Waals surface area contributed by atoms with Crippen LogP contribution in [0.25, 0.3) is 0 Å². The lowest BCUT2D eigenvalue weighted by Gasteiger charge is -2.44. The molecule has 0 aromatic heterocycles. The monoisotopic (exact) mass is 442 g/mol. The van der Waals surface area contributed by atoms with Crippen molar-refractivity contribution in [2.24, 2.45) is 11.7 Å². The summed E-state index contributed by atoms with van der Waals surface area (Å²) < 4.78 is 0. The molecule has 0 spiro atoms. The van der Waals surface area contributed by atoms with Gasteiger partial charge in [-0.3, -0.25) is 9.69 Å². The summed E-state index contributed by atoms with van der Waals surface area (Å²) in [7, 11) is -1.35. The maximum Gasteiger partial charge on any atom is 0.451 e. The Hall–Kier alpha value is -0.825. The summed E-state index contributed by atoms with van der Waals surface area (Å²) in [6.45, 7) is 0.776. The number of benzene rings is 1. The van der Waals surface area contributed by atoms with Crippen LogP contribution in [0, 0.1) is 5.92 Å². The van der Waals surface area contributed by atoms with Gasteiger partial charge in [-0.1, -0.05) is 42.1 Å². The fourth-order valence-electron chi connectivity index (χ4n) is 5.03. The molecule has 0 amide bonds. The van der Waals surface area contributed by atoms with Crippen molar-refractivity contribution in [1.82, 2.24) is 4.90 Å². The predicted octanol–water partition coefficient (Wildman–Crippen LogP) is 3.16. The zero-order chi connectivity index (χ0) is 21.2. The van der Waals surface area contributed by atoms with Gasteiger partial charge in [-0.15, -0.1) is 0 Å². The first-order valence-corrected chi connectivity index (χ1v) is 11.0. The zero-order valence-electron chi connectivity index (χ0n) is 16.4. The molecule has 3 rings (SSSR count). The average molecular weight is 443 g/mol. The molecule has 1 aromatic carbocycles. The number of carbonyl (C=O) groups is 1. The molecule has 0 aliphatic carbocycles. The van der Waals surface area contributed by atoms with E-state index in [1.165, 1.54) is 0 Å². The number of halogens is 2. The van der Waals surface area contributed by atoms with E-state index in [9.17, 15) is 9.90 Å². The SMILES string of the molecule is NC(CCCCB(O)O)(C(=O)O)C1C[C@H]2CC[C@@H](C1)N2Cc1ccc(Cl)c(Cl)c1. The van der Waals surface area contributed by atoms with Crippen LogP contribution in [-0.4, -0.2) is 50.8 Å². The maximum atomic E-state index is 12.1. The minimum Gasteiger partial charge on any atom is -0.480 e. The number of hydrogen-bond acceptors (Lipinski definition) is 5. The Labute approximate surface area is 182 Å². The van der Waals surface area contributed by atoms with E-state index < -0.39 is 18.6 Å². The lowest BCUT2D eigenvalue weighted by atomic mass is 9.72. The van der Waals surface area contributed by atoms with Gasteiger partial charge in [0.2, 0.25) is 0 Å². The molecule has 160 valence electrons. The van der Waals surface area contributed by atoms with Crippen molar-refractivity contribution in [3.63, 3.8) is 0 Å². The van der Waals surface area contributed by atoms with Gasteiger partial charge in [0.1, 0.15) is 5.54 Å². The Balaban J connectivity index is 1.65. The molecule has 2 saturated heterocycles. The van der Waals surface area contributed by atoms with Crippen molar-refractivity contribution >= 4 is 36.3 Å². The summed E-state index contributed by atoms with van der Waals surface area (Å²) in [4.78, 5) is 14.5. The van der Waals surface area contributed by atoms with Crippen LogP contribution in [0.5, 0.6) is 0 Å². The molecule has 4 atom stereocenters. The third kappa shape index (κ3) is 5.27. The van der Waals surface area contributed by atoms with Crippen LogP contribution in [-0.2, 0) is 11.3 Å². The number of nitrogens with zero attached hydrogens (tertiary/aromatic N) is 1. The minimum absolute atomic E-state index is 0.0818. The van der Waals surface area contributed by atoms with E-state index in [2.05, 4.69) is 4.90 Å². The molecule has 2 aliphatic rings. The van der Waals surface area contributed by atoms with Gasteiger partial charge in [-0.25, -0.2) is 0 Å². The second-order valence-electron chi connectivity index (χ2n) is 8.55. The van der Waals surface area contributed by atoms with E-state index in [0.29, 0.717) is 41.4 Å². The standard InChI is InChI=1S/C20H29BCl2N2O4/c22-17-6-3-13(9-18(17)23)12-25-15-4-5-16(25)11-14(10-15)20(24,19(26)27)7-1-2-8-21(28)29/h3,6,9,14-16,28-29H,1-2,4-5,7-8,10-12,24H2,(H,26,27)/t14?,15-,16+,20?. The smallest absolute Gasteiger partial charge is 0.451 e. The Bertz CT molecular complexity index is 724. The second-order valence-corrected chi connectivity index (χ2v) is 9.36. The molecule has 2 fully saturated rings. The highest BCUT2D eigenvalue weighted by Gasteiger charge is 2.50. The topological polar surface area (TPSA) is 107 Å². The molecule has 5 N–H and O–H groups in total. The fourth-order valence-corrected chi connectivity index (χ4v) is 5.35. The molecular weight excluding hydrogens is 414 g/mol. The van der Waals surface area contributed by atoms with E-state index >= 15 is 0 Å². The average Bonchev–Trinajstić information content (AvgIpc) is 2.88. The van der Waals surface area contributed by atoms with E-state index in [0.717, 1.165) is 37.8 Å². The molecule has 2 unspecified atom stereocenters. The molecule has 2 heterocycles. The number of rotatable bonds is 9. The first kappa shape index (κ1) is 22.9. The molecule has 1 aromatic rings. The quantitative estimate of drug-likeness (QED) is 0.345. The van der Waals surface area contributed by atoms with Crippen LogP contribution in [0.2, 0.25) is 16.4 Å².